The Morgan fingerprint density at radius 1 is 1.32 bits per heavy atom. The fourth-order valence-electron chi connectivity index (χ4n) is 1.78. The molecule has 0 unspecified atom stereocenters. The van der Waals surface area contributed by atoms with Crippen LogP contribution in [0, 0.1) is 10.5 Å². The van der Waals surface area contributed by atoms with Gasteiger partial charge in [0.25, 0.3) is 5.91 Å². The monoisotopic (exact) mass is 409 g/mol. The average molecular weight is 409 g/mol. The number of halogens is 1. The normalized spacial score (nSPS) is 10.6. The lowest BCUT2D eigenvalue weighted by Gasteiger charge is -2.06. The number of nitrogens with zero attached hydrogens (tertiary/aromatic N) is 1. The molecular formula is C16H16IN3O2. The highest BCUT2D eigenvalue weighted by molar-refractivity contribution is 14.1. The van der Waals surface area contributed by atoms with Crippen LogP contribution in [-0.4, -0.2) is 23.8 Å². The van der Waals surface area contributed by atoms with Crippen LogP contribution in [-0.2, 0) is 4.79 Å². The van der Waals surface area contributed by atoms with Crippen molar-refractivity contribution in [3.8, 4) is 5.75 Å². The summed E-state index contributed by atoms with van der Waals surface area (Å²) in [6, 6.07) is 12.9. The van der Waals surface area contributed by atoms with Crippen molar-refractivity contribution < 1.29 is 9.90 Å². The number of aryl methyl sites for hydroxylation is 1. The van der Waals surface area contributed by atoms with Gasteiger partial charge in [0.2, 0.25) is 0 Å². The van der Waals surface area contributed by atoms with Crippen LogP contribution in [0.5, 0.6) is 5.75 Å². The number of benzene rings is 2. The number of phenols is 1. The minimum atomic E-state index is -0.261. The summed E-state index contributed by atoms with van der Waals surface area (Å²) in [4.78, 5) is 11.7. The molecule has 2 aromatic rings. The number of aromatic hydroxyl groups is 1. The summed E-state index contributed by atoms with van der Waals surface area (Å²) >= 11 is 2.14. The summed E-state index contributed by atoms with van der Waals surface area (Å²) in [6.07, 6.45) is 1.42. The predicted molar refractivity (Wildman–Crippen MR) is 96.2 cm³/mol. The van der Waals surface area contributed by atoms with Gasteiger partial charge in [0.15, 0.2) is 0 Å². The van der Waals surface area contributed by atoms with E-state index in [0.29, 0.717) is 5.56 Å². The molecule has 22 heavy (non-hydrogen) atoms. The maximum atomic E-state index is 11.7. The van der Waals surface area contributed by atoms with Gasteiger partial charge in [-0.25, -0.2) is 5.43 Å². The fourth-order valence-corrected chi connectivity index (χ4v) is 2.29. The van der Waals surface area contributed by atoms with E-state index in [4.69, 9.17) is 0 Å². The van der Waals surface area contributed by atoms with E-state index in [0.717, 1.165) is 14.8 Å². The number of hydrazone groups is 1. The number of carbonyl (C=O) groups excluding carboxylic acids is 1. The lowest BCUT2D eigenvalue weighted by Crippen LogP contribution is -2.25. The molecular weight excluding hydrogens is 393 g/mol. The van der Waals surface area contributed by atoms with E-state index in [-0.39, 0.29) is 18.2 Å². The summed E-state index contributed by atoms with van der Waals surface area (Å²) in [5.41, 5.74) is 4.98. The zero-order chi connectivity index (χ0) is 15.9. The highest BCUT2D eigenvalue weighted by Gasteiger charge is 2.01. The summed E-state index contributed by atoms with van der Waals surface area (Å²) in [7, 11) is 0. The third-order valence-corrected chi connectivity index (χ3v) is 3.52. The molecule has 0 aliphatic rings. The summed E-state index contributed by atoms with van der Waals surface area (Å²) in [5, 5.41) is 16.5. The zero-order valence-electron chi connectivity index (χ0n) is 12.0. The quantitative estimate of drug-likeness (QED) is 0.404. The van der Waals surface area contributed by atoms with Crippen molar-refractivity contribution in [2.75, 3.05) is 11.9 Å². The summed E-state index contributed by atoms with van der Waals surface area (Å²) in [6.45, 7) is 2.11. The van der Waals surface area contributed by atoms with Crippen molar-refractivity contribution in [1.82, 2.24) is 5.43 Å². The highest BCUT2D eigenvalue weighted by Crippen LogP contribution is 2.17. The Morgan fingerprint density at radius 3 is 2.91 bits per heavy atom. The third kappa shape index (κ3) is 5.03. The Kier molecular flexibility index (Phi) is 5.76. The zero-order valence-corrected chi connectivity index (χ0v) is 14.2. The van der Waals surface area contributed by atoms with E-state index < -0.39 is 0 Å². The molecule has 0 saturated heterocycles. The molecule has 0 fully saturated rings. The van der Waals surface area contributed by atoms with Crippen molar-refractivity contribution in [2.24, 2.45) is 5.10 Å². The van der Waals surface area contributed by atoms with Crippen molar-refractivity contribution in [1.29, 1.82) is 0 Å². The van der Waals surface area contributed by atoms with Gasteiger partial charge in [0.05, 0.1) is 12.8 Å². The standard InChI is InChI=1S/C16H16IN3O2/c1-11-3-2-4-14(7-11)18-10-16(22)20-19-9-12-8-13(17)5-6-15(12)21/h2-9,18,21H,10H2,1H3,(H,20,22). The average Bonchev–Trinajstić information content (AvgIpc) is 2.49. The molecule has 0 atom stereocenters. The van der Waals surface area contributed by atoms with Crippen LogP contribution in [0.3, 0.4) is 0 Å². The second-order valence-electron chi connectivity index (χ2n) is 4.72. The molecule has 0 bridgehead atoms. The number of hydrogen-bond acceptors (Lipinski definition) is 4. The minimum absolute atomic E-state index is 0.122. The predicted octanol–water partition coefficient (Wildman–Crippen LogP) is 2.87. The van der Waals surface area contributed by atoms with E-state index in [1.807, 2.05) is 31.2 Å². The van der Waals surface area contributed by atoms with Crippen molar-refractivity contribution in [3.05, 3.63) is 57.2 Å². The number of phenolic OH excluding ortho intramolecular Hbond substituents is 1. The summed E-state index contributed by atoms with van der Waals surface area (Å²) in [5.74, 6) is -0.140. The van der Waals surface area contributed by atoms with Gasteiger partial charge >= 0.3 is 0 Å². The first-order chi connectivity index (χ1) is 10.5. The Balaban J connectivity index is 1.85. The Hall–Kier alpha value is -2.09. The Bertz CT molecular complexity index is 702. The first-order valence-electron chi connectivity index (χ1n) is 6.65. The van der Waals surface area contributed by atoms with E-state index in [2.05, 4.69) is 38.4 Å². The fraction of sp³-hybridized carbons (Fsp3) is 0.125. The molecule has 2 rings (SSSR count). The number of amides is 1. The highest BCUT2D eigenvalue weighted by atomic mass is 127. The van der Waals surface area contributed by atoms with Crippen molar-refractivity contribution in [2.45, 2.75) is 6.92 Å². The van der Waals surface area contributed by atoms with Crippen LogP contribution in [0.2, 0.25) is 0 Å². The van der Waals surface area contributed by atoms with Crippen LogP contribution < -0.4 is 10.7 Å². The first kappa shape index (κ1) is 16.3. The van der Waals surface area contributed by atoms with Crippen LogP contribution in [0.1, 0.15) is 11.1 Å². The second-order valence-corrected chi connectivity index (χ2v) is 5.96. The van der Waals surface area contributed by atoms with E-state index in [1.165, 1.54) is 6.21 Å². The minimum Gasteiger partial charge on any atom is -0.507 e. The molecule has 0 heterocycles. The van der Waals surface area contributed by atoms with E-state index in [9.17, 15) is 9.90 Å². The van der Waals surface area contributed by atoms with Crippen molar-refractivity contribution in [3.63, 3.8) is 0 Å². The smallest absolute Gasteiger partial charge is 0.259 e. The maximum absolute atomic E-state index is 11.7. The maximum Gasteiger partial charge on any atom is 0.259 e. The SMILES string of the molecule is Cc1cccc(NCC(=O)NN=Cc2cc(I)ccc2O)c1. The molecule has 0 aliphatic heterocycles. The van der Waals surface area contributed by atoms with Crippen LogP contribution in [0.25, 0.3) is 0 Å². The van der Waals surface area contributed by atoms with Gasteiger partial charge in [0, 0.05) is 14.8 Å². The number of nitrogens with one attached hydrogen (secondary N) is 2. The van der Waals surface area contributed by atoms with Crippen LogP contribution >= 0.6 is 22.6 Å². The molecule has 5 nitrogen and oxygen atoms in total. The Labute approximate surface area is 142 Å². The molecule has 3 N–H and O–H groups in total. The molecule has 0 aromatic heterocycles. The van der Waals surface area contributed by atoms with Gasteiger partial charge in [-0.2, -0.15) is 5.10 Å². The molecule has 2 aromatic carbocycles. The van der Waals surface area contributed by atoms with Crippen LogP contribution in [0.15, 0.2) is 47.6 Å². The number of anilines is 1. The van der Waals surface area contributed by atoms with E-state index in [1.54, 1.807) is 18.2 Å². The molecule has 0 aliphatic carbocycles. The largest absolute Gasteiger partial charge is 0.507 e. The lowest BCUT2D eigenvalue weighted by molar-refractivity contribution is -0.119. The molecule has 114 valence electrons. The molecule has 6 heteroatoms. The molecule has 1 amide bonds. The van der Waals surface area contributed by atoms with Gasteiger partial charge in [-0.15, -0.1) is 0 Å². The molecule has 0 spiro atoms. The lowest BCUT2D eigenvalue weighted by atomic mass is 10.2. The molecule has 0 radical (unpaired) electrons. The second kappa shape index (κ2) is 7.79. The van der Waals surface area contributed by atoms with Gasteiger partial charge in [-0.1, -0.05) is 12.1 Å². The molecule has 0 saturated carbocycles. The summed E-state index contributed by atoms with van der Waals surface area (Å²) < 4.78 is 0.976. The third-order valence-electron chi connectivity index (χ3n) is 2.85. The van der Waals surface area contributed by atoms with Gasteiger partial charge in [-0.05, 0) is 65.4 Å². The van der Waals surface area contributed by atoms with E-state index >= 15 is 0 Å². The van der Waals surface area contributed by atoms with Gasteiger partial charge < -0.3 is 10.4 Å². The number of carbonyl (C=O) groups is 1. The van der Waals surface area contributed by atoms with Crippen molar-refractivity contribution >= 4 is 40.4 Å². The first-order valence-corrected chi connectivity index (χ1v) is 7.73. The number of hydrogen-bond donors (Lipinski definition) is 3. The van der Waals surface area contributed by atoms with Crippen LogP contribution in [0.4, 0.5) is 5.69 Å². The Morgan fingerprint density at radius 2 is 2.14 bits per heavy atom. The van der Waals surface area contributed by atoms with Gasteiger partial charge in [-0.3, -0.25) is 4.79 Å². The number of rotatable bonds is 5. The topological polar surface area (TPSA) is 73.7 Å². The van der Waals surface area contributed by atoms with Gasteiger partial charge in [0.1, 0.15) is 5.75 Å².